The summed E-state index contributed by atoms with van der Waals surface area (Å²) in [6, 6.07) is 16.5. The van der Waals surface area contributed by atoms with Crippen LogP contribution in [0.25, 0.3) is 22.0 Å². The van der Waals surface area contributed by atoms with Crippen LogP contribution in [0, 0.1) is 13.8 Å². The molecule has 4 aromatic rings. The van der Waals surface area contributed by atoms with E-state index in [1.54, 1.807) is 44.2 Å². The number of guanidine groups is 1. The second kappa shape index (κ2) is 13.3. The van der Waals surface area contributed by atoms with E-state index >= 15 is 0 Å². The van der Waals surface area contributed by atoms with Gasteiger partial charge in [-0.05, 0) is 61.1 Å². The average Bonchev–Trinajstić information content (AvgIpc) is 3.67. The molecule has 1 amide bonds. The van der Waals surface area contributed by atoms with Crippen LogP contribution >= 0.6 is 0 Å². The van der Waals surface area contributed by atoms with E-state index in [0.717, 1.165) is 60.6 Å². The third-order valence-corrected chi connectivity index (χ3v) is 9.14. The van der Waals surface area contributed by atoms with Gasteiger partial charge in [0, 0.05) is 36.3 Å². The topological polar surface area (TPSA) is 178 Å². The zero-order valence-electron chi connectivity index (χ0n) is 24.5. The predicted molar refractivity (Wildman–Crippen MR) is 168 cm³/mol. The maximum atomic E-state index is 13.3. The second-order valence-electron chi connectivity index (χ2n) is 10.6. The summed E-state index contributed by atoms with van der Waals surface area (Å²) >= 11 is 0. The zero-order chi connectivity index (χ0) is 31.3. The fourth-order valence-electron chi connectivity index (χ4n) is 5.28. The lowest BCUT2D eigenvalue weighted by atomic mass is 10.0. The molecular formula is C31H35N7O5S. The third-order valence-electron chi connectivity index (χ3n) is 7.36. The molecule has 3 aromatic carbocycles. The fraction of sp³-hybridized carbons (Fsp3) is 0.290. The molecule has 1 aliphatic rings. The number of hydrogen-bond acceptors (Lipinski definition) is 8. The van der Waals surface area contributed by atoms with Gasteiger partial charge < -0.3 is 21.1 Å². The van der Waals surface area contributed by atoms with E-state index in [1.807, 2.05) is 30.3 Å². The molecule has 1 unspecified atom stereocenters. The van der Waals surface area contributed by atoms with E-state index in [1.165, 1.54) is 0 Å². The number of amides is 1. The van der Waals surface area contributed by atoms with E-state index < -0.39 is 34.5 Å². The first-order valence-corrected chi connectivity index (χ1v) is 15.8. The average molecular weight is 618 g/mol. The van der Waals surface area contributed by atoms with Gasteiger partial charge in [0.1, 0.15) is 6.04 Å². The first-order valence-electron chi connectivity index (χ1n) is 14.3. The van der Waals surface area contributed by atoms with Crippen molar-refractivity contribution < 1.29 is 23.1 Å². The Morgan fingerprint density at radius 3 is 2.45 bits per heavy atom. The van der Waals surface area contributed by atoms with Gasteiger partial charge in [0.25, 0.3) is 5.91 Å². The second-order valence-corrected chi connectivity index (χ2v) is 12.3. The van der Waals surface area contributed by atoms with Crippen LogP contribution in [0.4, 0.5) is 0 Å². The highest BCUT2D eigenvalue weighted by molar-refractivity contribution is 7.89. The number of fused-ring (bicyclic) bond motifs is 1. The normalized spacial score (nSPS) is 13.7. The van der Waals surface area contributed by atoms with Crippen LogP contribution < -0.4 is 20.7 Å². The summed E-state index contributed by atoms with van der Waals surface area (Å²) in [5.41, 5.74) is 4.57. The molecule has 1 aromatic heterocycles. The van der Waals surface area contributed by atoms with Gasteiger partial charge in [-0.15, -0.1) is 0 Å². The first-order chi connectivity index (χ1) is 21.1. The number of carboxylic acids is 1. The van der Waals surface area contributed by atoms with E-state index in [4.69, 9.17) is 0 Å². The maximum Gasteiger partial charge on any atom is 0.323 e. The van der Waals surface area contributed by atoms with E-state index in [9.17, 15) is 23.1 Å². The lowest BCUT2D eigenvalue weighted by Crippen LogP contribution is -2.48. The first kappa shape index (κ1) is 30.7. The highest BCUT2D eigenvalue weighted by atomic mass is 32.2. The molecule has 0 aliphatic carbocycles. The van der Waals surface area contributed by atoms with E-state index in [-0.39, 0.29) is 10.5 Å². The van der Waals surface area contributed by atoms with Crippen LogP contribution in [0.15, 0.2) is 70.6 Å². The van der Waals surface area contributed by atoms with Gasteiger partial charge in [0.05, 0.1) is 17.0 Å². The van der Waals surface area contributed by atoms with Crippen molar-refractivity contribution in [2.45, 2.75) is 37.6 Å². The van der Waals surface area contributed by atoms with Crippen molar-refractivity contribution in [1.82, 2.24) is 30.9 Å². The summed E-state index contributed by atoms with van der Waals surface area (Å²) in [6.45, 7) is 5.26. The molecule has 230 valence electrons. The number of aliphatic imine (C=N–C) groups is 1. The van der Waals surface area contributed by atoms with Gasteiger partial charge in [-0.2, -0.15) is 9.82 Å². The van der Waals surface area contributed by atoms with Crippen LogP contribution in [-0.4, -0.2) is 73.8 Å². The highest BCUT2D eigenvalue weighted by Gasteiger charge is 2.28. The number of benzene rings is 3. The molecule has 0 spiro atoms. The molecule has 0 fully saturated rings. The number of H-pyrrole nitrogens is 1. The van der Waals surface area contributed by atoms with Gasteiger partial charge in [0.15, 0.2) is 5.96 Å². The highest BCUT2D eigenvalue weighted by Crippen LogP contribution is 2.28. The summed E-state index contributed by atoms with van der Waals surface area (Å²) in [4.78, 5) is 29.3. The van der Waals surface area contributed by atoms with Gasteiger partial charge >= 0.3 is 5.97 Å². The maximum absolute atomic E-state index is 13.3. The third kappa shape index (κ3) is 7.06. The number of carboxylic acid groups (broad SMARTS) is 1. The number of rotatable bonds is 12. The molecule has 2 heterocycles. The molecule has 44 heavy (non-hydrogen) atoms. The van der Waals surface area contributed by atoms with E-state index in [0.29, 0.717) is 16.6 Å². The molecule has 5 rings (SSSR count). The van der Waals surface area contributed by atoms with Crippen molar-refractivity contribution in [2.75, 3.05) is 26.2 Å². The smallest absolute Gasteiger partial charge is 0.323 e. The Kier molecular flexibility index (Phi) is 9.26. The van der Waals surface area contributed by atoms with E-state index in [2.05, 4.69) is 35.9 Å². The molecule has 13 heteroatoms. The zero-order valence-corrected chi connectivity index (χ0v) is 25.3. The number of nitrogens with zero attached hydrogens (tertiary/aromatic N) is 2. The quantitative estimate of drug-likeness (QED) is 0.131. The number of aromatic nitrogens is 2. The Hall–Kier alpha value is -4.75. The monoisotopic (exact) mass is 617 g/mol. The molecular weight excluding hydrogens is 582 g/mol. The molecule has 0 radical (unpaired) electrons. The Morgan fingerprint density at radius 2 is 1.77 bits per heavy atom. The largest absolute Gasteiger partial charge is 0.480 e. The van der Waals surface area contributed by atoms with Crippen LogP contribution in [0.1, 0.15) is 33.6 Å². The van der Waals surface area contributed by atoms with Gasteiger partial charge in [0.2, 0.25) is 10.0 Å². The lowest BCUT2D eigenvalue weighted by Gasteiger charge is -2.19. The van der Waals surface area contributed by atoms with Gasteiger partial charge in [-0.1, -0.05) is 48.5 Å². The van der Waals surface area contributed by atoms with Crippen LogP contribution in [0.5, 0.6) is 0 Å². The summed E-state index contributed by atoms with van der Waals surface area (Å²) in [5.74, 6) is -1.14. The van der Waals surface area contributed by atoms with Crippen molar-refractivity contribution in [3.05, 3.63) is 83.0 Å². The predicted octanol–water partition coefficient (Wildman–Crippen LogP) is 2.49. The summed E-state index contributed by atoms with van der Waals surface area (Å²) in [7, 11) is -4.23. The summed E-state index contributed by atoms with van der Waals surface area (Å²) in [6.07, 6.45) is 1.60. The number of hydrogen-bond donors (Lipinski definition) is 6. The van der Waals surface area contributed by atoms with Crippen molar-refractivity contribution in [2.24, 2.45) is 4.99 Å². The number of aliphatic carboxylic acids is 1. The number of sulfonamides is 1. The van der Waals surface area contributed by atoms with Gasteiger partial charge in [-0.25, -0.2) is 8.42 Å². The molecule has 12 nitrogen and oxygen atoms in total. The summed E-state index contributed by atoms with van der Waals surface area (Å²) in [5, 5.41) is 27.0. The van der Waals surface area contributed by atoms with Crippen molar-refractivity contribution in [1.29, 1.82) is 0 Å². The lowest BCUT2D eigenvalue weighted by molar-refractivity contribution is -0.138. The summed E-state index contributed by atoms with van der Waals surface area (Å²) < 4.78 is 29.0. The minimum atomic E-state index is -4.23. The van der Waals surface area contributed by atoms with Crippen LogP contribution in [0.2, 0.25) is 0 Å². The molecule has 0 saturated heterocycles. The molecule has 6 N–H and O–H groups in total. The Labute approximate surface area is 255 Å². The number of nitrogens with one attached hydrogen (secondary N) is 5. The number of carbonyl (C=O) groups excluding carboxylic acids is 1. The Morgan fingerprint density at radius 1 is 1.02 bits per heavy atom. The number of aromatic amines is 1. The number of aryl methyl sites for hydroxylation is 3. The Balaban J connectivity index is 1.21. The standard InChI is InChI=1S/C31H35N7O5S/c1-19-15-23(21-7-4-3-5-8-21)16-20(2)28(19)44(42,43)38-27(30(40)41)18-35-29(39)22-10-11-24-25(36-37-26(24)17-22)9-6-12-32-31-33-13-14-34-31/h3-5,7-8,10-11,15-17,27,38H,6,9,12-14,18H2,1-2H3,(H,35,39)(H,36,37)(H,40,41)(H2,32,33,34). The molecule has 0 bridgehead atoms. The minimum Gasteiger partial charge on any atom is -0.480 e. The van der Waals surface area contributed by atoms with Gasteiger partial charge in [-0.3, -0.25) is 19.7 Å². The van der Waals surface area contributed by atoms with Crippen molar-refractivity contribution in [3.8, 4) is 11.1 Å². The van der Waals surface area contributed by atoms with Crippen LogP contribution in [-0.2, 0) is 21.2 Å². The van der Waals surface area contributed by atoms with Crippen molar-refractivity contribution >= 4 is 38.8 Å². The van der Waals surface area contributed by atoms with Crippen molar-refractivity contribution in [3.63, 3.8) is 0 Å². The molecule has 0 saturated carbocycles. The minimum absolute atomic E-state index is 0.00860. The number of carbonyl (C=O) groups is 2. The van der Waals surface area contributed by atoms with Crippen LogP contribution in [0.3, 0.4) is 0 Å². The SMILES string of the molecule is Cc1cc(-c2ccccc2)cc(C)c1S(=O)(=O)NC(CNC(=O)c1ccc2c(CCCNC3=NCCN3)[nH]nc2c1)C(=O)O. The fourth-order valence-corrected chi connectivity index (χ4v) is 6.92. The molecule has 1 atom stereocenters. The Bertz CT molecular complexity index is 1800. The molecule has 1 aliphatic heterocycles.